The largest absolute Gasteiger partial charge is 0.417 e. The van der Waals surface area contributed by atoms with Crippen LogP contribution >= 0.6 is 0 Å². The standard InChI is InChI=1S/C14H13N3O3/c1-8-4-2-7-11(15-8)16-13(18)9-5-3-6-10-12(9)17-14(19)20-10/h2-4,6-7,9H,5H2,1H3,(H,17,19)(H,15,16,18). The lowest BCUT2D eigenvalue weighted by atomic mass is 9.94. The van der Waals surface area contributed by atoms with Crippen LogP contribution in [0.2, 0.25) is 0 Å². The van der Waals surface area contributed by atoms with Crippen LogP contribution in [-0.4, -0.2) is 15.9 Å². The summed E-state index contributed by atoms with van der Waals surface area (Å²) in [6.45, 7) is 1.85. The molecule has 1 aliphatic carbocycles. The third-order valence-corrected chi connectivity index (χ3v) is 3.15. The summed E-state index contributed by atoms with van der Waals surface area (Å²) < 4.78 is 4.96. The monoisotopic (exact) mass is 271 g/mol. The van der Waals surface area contributed by atoms with Gasteiger partial charge in [-0.15, -0.1) is 0 Å². The van der Waals surface area contributed by atoms with E-state index in [9.17, 15) is 9.59 Å². The van der Waals surface area contributed by atoms with Gasteiger partial charge in [0.05, 0.1) is 11.6 Å². The molecule has 102 valence electrons. The number of anilines is 1. The molecule has 20 heavy (non-hydrogen) atoms. The van der Waals surface area contributed by atoms with E-state index >= 15 is 0 Å². The average Bonchev–Trinajstić information content (AvgIpc) is 2.78. The highest BCUT2D eigenvalue weighted by molar-refractivity contribution is 5.95. The summed E-state index contributed by atoms with van der Waals surface area (Å²) in [6.07, 6.45) is 4.02. The Morgan fingerprint density at radius 1 is 1.50 bits per heavy atom. The molecule has 0 aromatic carbocycles. The number of rotatable bonds is 2. The van der Waals surface area contributed by atoms with Gasteiger partial charge in [-0.1, -0.05) is 12.1 Å². The first kappa shape index (κ1) is 12.4. The van der Waals surface area contributed by atoms with Gasteiger partial charge in [-0.3, -0.25) is 9.78 Å². The number of nitrogens with zero attached hydrogens (tertiary/aromatic N) is 1. The molecule has 0 fully saturated rings. The Morgan fingerprint density at radius 2 is 2.35 bits per heavy atom. The SMILES string of the molecule is Cc1cccc(NC(=O)C2CC=Cc3oc(=O)[nH]c32)n1. The Hall–Kier alpha value is -2.63. The number of nitrogens with one attached hydrogen (secondary N) is 2. The van der Waals surface area contributed by atoms with E-state index in [0.29, 0.717) is 23.7 Å². The highest BCUT2D eigenvalue weighted by atomic mass is 16.4. The van der Waals surface area contributed by atoms with E-state index < -0.39 is 11.7 Å². The second-order valence-corrected chi connectivity index (χ2v) is 4.64. The molecule has 0 bridgehead atoms. The predicted molar refractivity (Wildman–Crippen MR) is 73.3 cm³/mol. The Bertz CT molecular complexity index is 742. The highest BCUT2D eigenvalue weighted by Crippen LogP contribution is 2.28. The average molecular weight is 271 g/mol. The van der Waals surface area contributed by atoms with Crippen LogP contribution in [0.4, 0.5) is 5.82 Å². The summed E-state index contributed by atoms with van der Waals surface area (Å²) >= 11 is 0. The summed E-state index contributed by atoms with van der Waals surface area (Å²) in [4.78, 5) is 30.3. The van der Waals surface area contributed by atoms with E-state index in [1.54, 1.807) is 12.1 Å². The van der Waals surface area contributed by atoms with E-state index in [2.05, 4.69) is 15.3 Å². The van der Waals surface area contributed by atoms with Gasteiger partial charge < -0.3 is 9.73 Å². The number of hydrogen-bond acceptors (Lipinski definition) is 4. The third-order valence-electron chi connectivity index (χ3n) is 3.15. The summed E-state index contributed by atoms with van der Waals surface area (Å²) in [7, 11) is 0. The first-order chi connectivity index (χ1) is 9.63. The summed E-state index contributed by atoms with van der Waals surface area (Å²) in [6, 6.07) is 5.40. The van der Waals surface area contributed by atoms with E-state index in [0.717, 1.165) is 5.69 Å². The lowest BCUT2D eigenvalue weighted by Crippen LogP contribution is -2.23. The maximum atomic E-state index is 12.3. The molecule has 1 atom stereocenters. The highest BCUT2D eigenvalue weighted by Gasteiger charge is 2.28. The number of fused-ring (bicyclic) bond motifs is 1. The Morgan fingerprint density at radius 3 is 3.15 bits per heavy atom. The van der Waals surface area contributed by atoms with Gasteiger partial charge in [0.2, 0.25) is 5.91 Å². The van der Waals surface area contributed by atoms with Crippen molar-refractivity contribution in [3.8, 4) is 0 Å². The van der Waals surface area contributed by atoms with Gasteiger partial charge in [0, 0.05) is 5.69 Å². The van der Waals surface area contributed by atoms with Gasteiger partial charge in [0.15, 0.2) is 5.76 Å². The number of carbonyl (C=O) groups excluding carboxylic acids is 1. The Labute approximate surface area is 114 Å². The van der Waals surface area contributed by atoms with Crippen molar-refractivity contribution in [3.05, 3.63) is 52.0 Å². The van der Waals surface area contributed by atoms with Crippen LogP contribution in [0.3, 0.4) is 0 Å². The van der Waals surface area contributed by atoms with Crippen molar-refractivity contribution in [3.63, 3.8) is 0 Å². The van der Waals surface area contributed by atoms with Crippen molar-refractivity contribution in [2.45, 2.75) is 19.3 Å². The fraction of sp³-hybridized carbons (Fsp3) is 0.214. The molecule has 1 aliphatic rings. The number of oxazole rings is 1. The lowest BCUT2D eigenvalue weighted by Gasteiger charge is -2.16. The second kappa shape index (κ2) is 4.80. The van der Waals surface area contributed by atoms with Crippen LogP contribution in [0.1, 0.15) is 29.5 Å². The molecule has 2 heterocycles. The molecule has 1 unspecified atom stereocenters. The molecular weight excluding hydrogens is 258 g/mol. The molecule has 6 nitrogen and oxygen atoms in total. The van der Waals surface area contributed by atoms with Gasteiger partial charge in [0.1, 0.15) is 5.82 Å². The van der Waals surface area contributed by atoms with Crippen LogP contribution < -0.4 is 11.1 Å². The van der Waals surface area contributed by atoms with Crippen molar-refractivity contribution in [1.29, 1.82) is 0 Å². The fourth-order valence-electron chi connectivity index (χ4n) is 2.23. The normalized spacial score (nSPS) is 16.8. The smallest absolute Gasteiger partial charge is 0.408 e. The number of carbonyl (C=O) groups is 1. The minimum absolute atomic E-state index is 0.217. The zero-order valence-electron chi connectivity index (χ0n) is 10.8. The molecule has 1 amide bonds. The van der Waals surface area contributed by atoms with E-state index in [1.807, 2.05) is 25.1 Å². The number of aromatic amines is 1. The molecular formula is C14H13N3O3. The van der Waals surface area contributed by atoms with Crippen LogP contribution in [0.25, 0.3) is 6.08 Å². The molecule has 6 heteroatoms. The van der Waals surface area contributed by atoms with Gasteiger partial charge in [-0.05, 0) is 31.6 Å². The molecule has 0 aliphatic heterocycles. The zero-order chi connectivity index (χ0) is 14.1. The number of allylic oxidation sites excluding steroid dienone is 1. The Kier molecular flexibility index (Phi) is 2.98. The topological polar surface area (TPSA) is 88.0 Å². The fourth-order valence-corrected chi connectivity index (χ4v) is 2.23. The van der Waals surface area contributed by atoms with Crippen LogP contribution in [-0.2, 0) is 4.79 Å². The van der Waals surface area contributed by atoms with Crippen LogP contribution in [0.15, 0.2) is 33.5 Å². The number of amides is 1. The first-order valence-corrected chi connectivity index (χ1v) is 6.27. The molecule has 2 N–H and O–H groups in total. The molecule has 0 saturated heterocycles. The van der Waals surface area contributed by atoms with Crippen molar-refractivity contribution in [2.75, 3.05) is 5.32 Å². The van der Waals surface area contributed by atoms with Crippen molar-refractivity contribution < 1.29 is 9.21 Å². The van der Waals surface area contributed by atoms with Crippen LogP contribution in [0, 0.1) is 6.92 Å². The van der Waals surface area contributed by atoms with Crippen LogP contribution in [0.5, 0.6) is 0 Å². The predicted octanol–water partition coefficient (Wildman–Crippen LogP) is 1.81. The summed E-state index contributed by atoms with van der Waals surface area (Å²) in [5.74, 6) is -0.321. The number of H-pyrrole nitrogens is 1. The quantitative estimate of drug-likeness (QED) is 0.871. The van der Waals surface area contributed by atoms with E-state index in [1.165, 1.54) is 0 Å². The first-order valence-electron chi connectivity index (χ1n) is 6.27. The molecule has 0 saturated carbocycles. The summed E-state index contributed by atoms with van der Waals surface area (Å²) in [5, 5.41) is 2.75. The van der Waals surface area contributed by atoms with Gasteiger partial charge in [0.25, 0.3) is 0 Å². The minimum Gasteiger partial charge on any atom is -0.408 e. The van der Waals surface area contributed by atoms with Crippen molar-refractivity contribution >= 4 is 17.8 Å². The molecule has 0 spiro atoms. The summed E-state index contributed by atoms with van der Waals surface area (Å²) in [5.41, 5.74) is 1.34. The lowest BCUT2D eigenvalue weighted by molar-refractivity contribution is -0.117. The number of pyridine rings is 1. The van der Waals surface area contributed by atoms with Gasteiger partial charge >= 0.3 is 5.76 Å². The number of aryl methyl sites for hydroxylation is 1. The second-order valence-electron chi connectivity index (χ2n) is 4.64. The molecule has 3 rings (SSSR count). The van der Waals surface area contributed by atoms with Gasteiger partial charge in [-0.2, -0.15) is 0 Å². The molecule has 0 radical (unpaired) electrons. The number of aromatic nitrogens is 2. The number of hydrogen-bond donors (Lipinski definition) is 2. The maximum absolute atomic E-state index is 12.3. The van der Waals surface area contributed by atoms with Crippen molar-refractivity contribution in [2.24, 2.45) is 0 Å². The molecule has 2 aromatic rings. The van der Waals surface area contributed by atoms with E-state index in [4.69, 9.17) is 4.42 Å². The minimum atomic E-state index is -0.548. The van der Waals surface area contributed by atoms with Gasteiger partial charge in [-0.25, -0.2) is 9.78 Å². The Balaban J connectivity index is 1.85. The van der Waals surface area contributed by atoms with Crippen molar-refractivity contribution in [1.82, 2.24) is 9.97 Å². The third kappa shape index (κ3) is 2.27. The van der Waals surface area contributed by atoms with E-state index in [-0.39, 0.29) is 5.91 Å². The molecule has 2 aromatic heterocycles. The maximum Gasteiger partial charge on any atom is 0.417 e. The zero-order valence-corrected chi connectivity index (χ0v) is 10.8.